The lowest BCUT2D eigenvalue weighted by molar-refractivity contribution is -0.131. The number of carbonyl (C=O) groups excluding carboxylic acids is 1. The summed E-state index contributed by atoms with van der Waals surface area (Å²) in [6.07, 6.45) is 0.204. The summed E-state index contributed by atoms with van der Waals surface area (Å²) in [7, 11) is -3.67. The van der Waals surface area contributed by atoms with Crippen molar-refractivity contribution in [3.05, 3.63) is 35.2 Å². The van der Waals surface area contributed by atoms with Crippen LogP contribution in [0.25, 0.3) is 0 Å². The first kappa shape index (κ1) is 19.7. The molecule has 9 nitrogen and oxygen atoms in total. The monoisotopic (exact) mass is 421 g/mol. The summed E-state index contributed by atoms with van der Waals surface area (Å²) in [5.74, 6) is 1.56. The number of aryl methyl sites for hydroxylation is 2. The zero-order valence-corrected chi connectivity index (χ0v) is 17.2. The predicted molar refractivity (Wildman–Crippen MR) is 102 cm³/mol. The van der Waals surface area contributed by atoms with Crippen molar-refractivity contribution in [1.29, 1.82) is 0 Å². The number of benzene rings is 1. The minimum absolute atomic E-state index is 0.0595. The highest BCUT2D eigenvalue weighted by Crippen LogP contribution is 2.33. The van der Waals surface area contributed by atoms with Crippen LogP contribution in [-0.4, -0.2) is 68.1 Å². The van der Waals surface area contributed by atoms with Crippen molar-refractivity contribution >= 4 is 15.9 Å². The van der Waals surface area contributed by atoms with E-state index in [1.165, 1.54) is 16.4 Å². The number of rotatable bonds is 4. The number of hydrogen-bond donors (Lipinski definition) is 0. The van der Waals surface area contributed by atoms with Crippen LogP contribution in [0.5, 0.6) is 11.5 Å². The number of fused-ring (bicyclic) bond motifs is 1. The molecule has 3 heterocycles. The smallest absolute Gasteiger partial charge is 0.243 e. The van der Waals surface area contributed by atoms with Crippen LogP contribution in [0.4, 0.5) is 0 Å². The van der Waals surface area contributed by atoms with Crippen molar-refractivity contribution in [3.63, 3.8) is 0 Å². The quantitative estimate of drug-likeness (QED) is 0.729. The van der Waals surface area contributed by atoms with E-state index < -0.39 is 10.0 Å². The molecule has 0 unspecified atom stereocenters. The van der Waals surface area contributed by atoms with E-state index in [0.29, 0.717) is 49.3 Å². The lowest BCUT2D eigenvalue weighted by Gasteiger charge is -2.34. The largest absolute Gasteiger partial charge is 0.486 e. The fourth-order valence-electron chi connectivity index (χ4n) is 3.53. The number of sulfonamides is 1. The van der Waals surface area contributed by atoms with Crippen LogP contribution in [0.2, 0.25) is 0 Å². The summed E-state index contributed by atoms with van der Waals surface area (Å²) in [6.45, 7) is 5.58. The van der Waals surface area contributed by atoms with Crippen molar-refractivity contribution in [2.45, 2.75) is 25.2 Å². The summed E-state index contributed by atoms with van der Waals surface area (Å²) in [6, 6.07) is 4.64. The van der Waals surface area contributed by atoms with Gasteiger partial charge in [-0.15, -0.1) is 0 Å². The Labute approximate surface area is 169 Å². The van der Waals surface area contributed by atoms with Crippen molar-refractivity contribution in [2.24, 2.45) is 0 Å². The van der Waals surface area contributed by atoms with E-state index in [0.717, 1.165) is 5.56 Å². The lowest BCUT2D eigenvalue weighted by atomic mass is 10.1. The molecule has 1 amide bonds. The minimum atomic E-state index is -3.67. The molecule has 1 aromatic carbocycles. The summed E-state index contributed by atoms with van der Waals surface area (Å²) < 4.78 is 43.4. The Hall–Kier alpha value is -2.59. The number of ether oxygens (including phenoxy) is 2. The highest BCUT2D eigenvalue weighted by Gasteiger charge is 2.31. The molecule has 10 heteroatoms. The Morgan fingerprint density at radius 3 is 2.41 bits per heavy atom. The van der Waals surface area contributed by atoms with Gasteiger partial charge in [0.05, 0.1) is 17.0 Å². The van der Waals surface area contributed by atoms with Crippen LogP contribution < -0.4 is 9.47 Å². The Balaban J connectivity index is 1.41. The SMILES string of the molecule is Cc1noc(C)c1CC(=O)N1CCN(S(=O)(=O)c2ccc3c(c2)OCCO3)CC1. The van der Waals surface area contributed by atoms with E-state index >= 15 is 0 Å². The first-order chi connectivity index (χ1) is 13.9. The van der Waals surface area contributed by atoms with Crippen LogP contribution in [-0.2, 0) is 21.2 Å². The van der Waals surface area contributed by atoms with Gasteiger partial charge in [0.15, 0.2) is 11.5 Å². The Kier molecular flexibility index (Phi) is 5.22. The second kappa shape index (κ2) is 7.68. The van der Waals surface area contributed by atoms with Crippen LogP contribution in [0.1, 0.15) is 17.0 Å². The molecule has 2 aliphatic heterocycles. The topological polar surface area (TPSA) is 102 Å². The van der Waals surface area contributed by atoms with Crippen LogP contribution in [0, 0.1) is 13.8 Å². The van der Waals surface area contributed by atoms with Gasteiger partial charge in [0.2, 0.25) is 15.9 Å². The number of hydrogen-bond acceptors (Lipinski definition) is 7. The van der Waals surface area contributed by atoms with Gasteiger partial charge in [0.25, 0.3) is 0 Å². The average Bonchev–Trinajstić information content (AvgIpc) is 3.05. The molecule has 156 valence electrons. The number of carbonyl (C=O) groups is 1. The van der Waals surface area contributed by atoms with Crippen molar-refractivity contribution < 1.29 is 27.2 Å². The third-order valence-electron chi connectivity index (χ3n) is 5.25. The summed E-state index contributed by atoms with van der Waals surface area (Å²) in [5.41, 5.74) is 1.50. The number of piperazine rings is 1. The molecule has 0 spiro atoms. The fraction of sp³-hybridized carbons (Fsp3) is 0.474. The first-order valence-corrected chi connectivity index (χ1v) is 10.9. The van der Waals surface area contributed by atoms with Crippen molar-refractivity contribution in [3.8, 4) is 11.5 Å². The fourth-order valence-corrected chi connectivity index (χ4v) is 4.97. The van der Waals surface area contributed by atoms with E-state index in [1.807, 2.05) is 0 Å². The van der Waals surface area contributed by atoms with Gasteiger partial charge in [-0.05, 0) is 26.0 Å². The molecule has 29 heavy (non-hydrogen) atoms. The molecular formula is C19H23N3O6S. The molecule has 0 bridgehead atoms. The standard InChI is InChI=1S/C19H23N3O6S/c1-13-16(14(2)28-20-13)12-19(23)21-5-7-22(8-6-21)29(24,25)15-3-4-17-18(11-15)27-10-9-26-17/h3-4,11H,5-10,12H2,1-2H3. The summed E-state index contributed by atoms with van der Waals surface area (Å²) in [4.78, 5) is 14.5. The molecule has 1 saturated heterocycles. The number of amides is 1. The molecule has 1 aromatic heterocycles. The van der Waals surface area contributed by atoms with Crippen LogP contribution in [0.3, 0.4) is 0 Å². The third-order valence-corrected chi connectivity index (χ3v) is 7.15. The van der Waals surface area contributed by atoms with E-state index in [4.69, 9.17) is 14.0 Å². The van der Waals surface area contributed by atoms with Gasteiger partial charge in [-0.1, -0.05) is 5.16 Å². The normalized spacial score (nSPS) is 17.4. The van der Waals surface area contributed by atoms with Crippen molar-refractivity contribution in [2.75, 3.05) is 39.4 Å². The second-order valence-corrected chi connectivity index (χ2v) is 9.01. The molecule has 0 saturated carbocycles. The minimum Gasteiger partial charge on any atom is -0.486 e. The Morgan fingerprint density at radius 1 is 1.07 bits per heavy atom. The molecule has 1 fully saturated rings. The van der Waals surface area contributed by atoms with E-state index in [-0.39, 0.29) is 30.3 Å². The maximum Gasteiger partial charge on any atom is 0.243 e. The molecule has 0 atom stereocenters. The molecule has 0 N–H and O–H groups in total. The molecule has 2 aliphatic rings. The third kappa shape index (κ3) is 3.82. The van der Waals surface area contributed by atoms with Gasteiger partial charge in [0, 0.05) is 37.8 Å². The van der Waals surface area contributed by atoms with Gasteiger partial charge in [-0.2, -0.15) is 4.31 Å². The van der Waals surface area contributed by atoms with E-state index in [9.17, 15) is 13.2 Å². The summed E-state index contributed by atoms with van der Waals surface area (Å²) in [5, 5.41) is 3.87. The summed E-state index contributed by atoms with van der Waals surface area (Å²) >= 11 is 0. The first-order valence-electron chi connectivity index (χ1n) is 9.45. The van der Waals surface area contributed by atoms with E-state index in [1.54, 1.807) is 24.8 Å². The molecule has 0 radical (unpaired) electrons. The lowest BCUT2D eigenvalue weighted by Crippen LogP contribution is -2.50. The molecule has 0 aliphatic carbocycles. The van der Waals surface area contributed by atoms with Crippen LogP contribution >= 0.6 is 0 Å². The second-order valence-electron chi connectivity index (χ2n) is 7.07. The van der Waals surface area contributed by atoms with Gasteiger partial charge >= 0.3 is 0 Å². The highest BCUT2D eigenvalue weighted by molar-refractivity contribution is 7.89. The highest BCUT2D eigenvalue weighted by atomic mass is 32.2. The van der Waals surface area contributed by atoms with Crippen molar-refractivity contribution in [1.82, 2.24) is 14.4 Å². The number of aromatic nitrogens is 1. The van der Waals surface area contributed by atoms with Gasteiger partial charge in [0.1, 0.15) is 19.0 Å². The molecule has 4 rings (SSSR count). The maximum absolute atomic E-state index is 13.0. The van der Waals surface area contributed by atoms with Gasteiger partial charge in [-0.3, -0.25) is 4.79 Å². The molecular weight excluding hydrogens is 398 g/mol. The predicted octanol–water partition coefficient (Wildman–Crippen LogP) is 1.14. The number of nitrogens with zero attached hydrogens (tertiary/aromatic N) is 3. The Morgan fingerprint density at radius 2 is 1.76 bits per heavy atom. The van der Waals surface area contributed by atoms with Crippen LogP contribution in [0.15, 0.2) is 27.6 Å². The van der Waals surface area contributed by atoms with Gasteiger partial charge in [-0.25, -0.2) is 8.42 Å². The zero-order valence-electron chi connectivity index (χ0n) is 16.4. The average molecular weight is 421 g/mol. The maximum atomic E-state index is 13.0. The zero-order chi connectivity index (χ0) is 20.6. The Bertz CT molecular complexity index is 1010. The van der Waals surface area contributed by atoms with E-state index in [2.05, 4.69) is 5.16 Å². The van der Waals surface area contributed by atoms with Gasteiger partial charge < -0.3 is 18.9 Å². The molecule has 2 aromatic rings.